The molecule has 1 nitrogen and oxygen atoms in total. The molecule has 0 fully saturated rings. The van der Waals surface area contributed by atoms with Crippen LogP contribution in [0, 0.1) is 6.54 Å². The fourth-order valence-electron chi connectivity index (χ4n) is 0.929. The molecule has 0 unspecified atom stereocenters. The number of alkyl halides is 1. The highest BCUT2D eigenvalue weighted by Crippen LogP contribution is 2.00. The molecule has 1 aromatic rings. The van der Waals surface area contributed by atoms with Gasteiger partial charge in [0.1, 0.15) is 0 Å². The van der Waals surface area contributed by atoms with Crippen molar-refractivity contribution in [2.45, 2.75) is 0 Å². The standard InChI is InChI=1S/C11H13ClN/c12-8-10-13-9-4-7-11-5-2-1-3-6-11/h1-7,9,13H,8,10H2/b7-4+. The van der Waals surface area contributed by atoms with Crippen molar-refractivity contribution >= 4 is 17.7 Å². The van der Waals surface area contributed by atoms with Gasteiger partial charge in [-0.2, -0.15) is 0 Å². The molecule has 0 saturated heterocycles. The Morgan fingerprint density at radius 1 is 1.23 bits per heavy atom. The third-order valence-corrected chi connectivity index (χ3v) is 1.73. The van der Waals surface area contributed by atoms with Gasteiger partial charge in [0.15, 0.2) is 0 Å². The molecule has 0 aromatic heterocycles. The summed E-state index contributed by atoms with van der Waals surface area (Å²) in [6, 6.07) is 10.2. The van der Waals surface area contributed by atoms with Gasteiger partial charge in [-0.1, -0.05) is 42.5 Å². The maximum absolute atomic E-state index is 5.49. The van der Waals surface area contributed by atoms with Crippen LogP contribution < -0.4 is 5.32 Å². The minimum Gasteiger partial charge on any atom is -0.308 e. The second-order valence-corrected chi connectivity index (χ2v) is 2.96. The van der Waals surface area contributed by atoms with E-state index in [1.165, 1.54) is 5.56 Å². The predicted molar refractivity (Wildman–Crippen MR) is 58.5 cm³/mol. The van der Waals surface area contributed by atoms with Crippen LogP contribution in [0.15, 0.2) is 36.4 Å². The molecular weight excluding hydrogens is 182 g/mol. The highest BCUT2D eigenvalue weighted by atomic mass is 35.5. The molecule has 1 rings (SSSR count). The first-order chi connectivity index (χ1) is 6.43. The second-order valence-electron chi connectivity index (χ2n) is 2.58. The van der Waals surface area contributed by atoms with E-state index in [-0.39, 0.29) is 0 Å². The largest absolute Gasteiger partial charge is 0.308 e. The van der Waals surface area contributed by atoms with Crippen LogP contribution in [0.4, 0.5) is 0 Å². The van der Waals surface area contributed by atoms with Crippen molar-refractivity contribution in [3.05, 3.63) is 48.5 Å². The maximum atomic E-state index is 5.49. The summed E-state index contributed by atoms with van der Waals surface area (Å²) in [6.45, 7) is 2.70. The quantitative estimate of drug-likeness (QED) is 0.562. The van der Waals surface area contributed by atoms with Gasteiger partial charge < -0.3 is 5.32 Å². The zero-order chi connectivity index (χ0) is 9.36. The lowest BCUT2D eigenvalue weighted by atomic mass is 10.2. The molecule has 0 aliphatic carbocycles. The Morgan fingerprint density at radius 2 is 2.00 bits per heavy atom. The normalized spacial score (nSPS) is 10.8. The van der Waals surface area contributed by atoms with E-state index in [4.69, 9.17) is 11.6 Å². The molecule has 1 N–H and O–H groups in total. The fraction of sp³-hybridized carbons (Fsp3) is 0.182. The number of rotatable bonds is 5. The number of hydrogen-bond donors (Lipinski definition) is 1. The first-order valence-corrected chi connectivity index (χ1v) is 4.81. The summed E-state index contributed by atoms with van der Waals surface area (Å²) >= 11 is 5.49. The van der Waals surface area contributed by atoms with E-state index in [2.05, 4.69) is 17.4 Å². The third-order valence-electron chi connectivity index (χ3n) is 1.54. The molecular formula is C11H13ClN. The van der Waals surface area contributed by atoms with Crippen LogP contribution in [0.5, 0.6) is 0 Å². The van der Waals surface area contributed by atoms with Gasteiger partial charge in [-0.15, -0.1) is 11.6 Å². The highest BCUT2D eigenvalue weighted by molar-refractivity contribution is 6.18. The van der Waals surface area contributed by atoms with Crippen molar-refractivity contribution in [1.82, 2.24) is 5.32 Å². The van der Waals surface area contributed by atoms with E-state index in [1.54, 1.807) is 0 Å². The summed E-state index contributed by atoms with van der Waals surface area (Å²) < 4.78 is 0. The average molecular weight is 195 g/mol. The summed E-state index contributed by atoms with van der Waals surface area (Å²) in [5, 5.41) is 3.06. The van der Waals surface area contributed by atoms with Crippen molar-refractivity contribution in [1.29, 1.82) is 0 Å². The maximum Gasteiger partial charge on any atom is 0.0445 e. The van der Waals surface area contributed by atoms with Gasteiger partial charge in [-0.25, -0.2) is 0 Å². The lowest BCUT2D eigenvalue weighted by Gasteiger charge is -1.94. The summed E-state index contributed by atoms with van der Waals surface area (Å²) in [5.74, 6) is 0.635. The zero-order valence-corrected chi connectivity index (χ0v) is 8.17. The molecule has 1 radical (unpaired) electrons. The van der Waals surface area contributed by atoms with E-state index in [0.717, 1.165) is 6.54 Å². The van der Waals surface area contributed by atoms with E-state index in [9.17, 15) is 0 Å². The molecule has 0 spiro atoms. The van der Waals surface area contributed by atoms with Gasteiger partial charge in [-0.3, -0.25) is 0 Å². The van der Waals surface area contributed by atoms with Gasteiger partial charge in [0.2, 0.25) is 0 Å². The Hall–Kier alpha value is -0.790. The topological polar surface area (TPSA) is 12.0 Å². The Kier molecular flexibility index (Phi) is 5.30. The Morgan fingerprint density at radius 3 is 2.69 bits per heavy atom. The molecule has 0 amide bonds. The molecule has 0 saturated carbocycles. The Balaban J connectivity index is 2.25. The third kappa shape index (κ3) is 4.71. The lowest BCUT2D eigenvalue weighted by molar-refractivity contribution is 0.880. The molecule has 0 bridgehead atoms. The Labute approximate surface area is 84.4 Å². The number of halogens is 1. The monoisotopic (exact) mass is 194 g/mol. The second kappa shape index (κ2) is 6.70. The van der Waals surface area contributed by atoms with Crippen molar-refractivity contribution in [3.63, 3.8) is 0 Å². The van der Waals surface area contributed by atoms with Gasteiger partial charge in [0, 0.05) is 19.0 Å². The van der Waals surface area contributed by atoms with Crippen molar-refractivity contribution in [3.8, 4) is 0 Å². The van der Waals surface area contributed by atoms with E-state index >= 15 is 0 Å². The molecule has 1 aromatic carbocycles. The van der Waals surface area contributed by atoms with Crippen molar-refractivity contribution in [2.75, 3.05) is 12.4 Å². The van der Waals surface area contributed by atoms with Crippen molar-refractivity contribution < 1.29 is 0 Å². The van der Waals surface area contributed by atoms with Crippen LogP contribution in [0.2, 0.25) is 0 Å². The minimum absolute atomic E-state index is 0.635. The average Bonchev–Trinajstić information content (AvgIpc) is 2.19. The SMILES string of the molecule is ClCCN[CH]/C=C/c1ccccc1. The summed E-state index contributed by atoms with van der Waals surface area (Å²) in [6.07, 6.45) is 4.02. The highest BCUT2D eigenvalue weighted by Gasteiger charge is 1.83. The fourth-order valence-corrected chi connectivity index (χ4v) is 1.04. The summed E-state index contributed by atoms with van der Waals surface area (Å²) in [5.41, 5.74) is 1.20. The predicted octanol–water partition coefficient (Wildman–Crippen LogP) is 2.69. The smallest absolute Gasteiger partial charge is 0.0445 e. The lowest BCUT2D eigenvalue weighted by Crippen LogP contribution is -2.10. The van der Waals surface area contributed by atoms with E-state index in [0.29, 0.717) is 5.88 Å². The minimum atomic E-state index is 0.635. The zero-order valence-electron chi connectivity index (χ0n) is 7.41. The Bertz CT molecular complexity index is 244. The molecule has 69 valence electrons. The van der Waals surface area contributed by atoms with Crippen LogP contribution >= 0.6 is 11.6 Å². The number of benzene rings is 1. The molecule has 0 atom stereocenters. The summed E-state index contributed by atoms with van der Waals surface area (Å²) in [4.78, 5) is 0. The van der Waals surface area contributed by atoms with Gasteiger partial charge in [0.25, 0.3) is 0 Å². The molecule has 0 aliphatic rings. The van der Waals surface area contributed by atoms with Crippen LogP contribution in [0.25, 0.3) is 6.08 Å². The van der Waals surface area contributed by atoms with Crippen LogP contribution in [0.1, 0.15) is 5.56 Å². The molecule has 0 aliphatic heterocycles. The first-order valence-electron chi connectivity index (χ1n) is 4.28. The number of hydrogen-bond acceptors (Lipinski definition) is 1. The first kappa shape index (κ1) is 10.3. The van der Waals surface area contributed by atoms with Gasteiger partial charge in [-0.05, 0) is 5.56 Å². The van der Waals surface area contributed by atoms with E-state index in [1.807, 2.05) is 36.9 Å². The van der Waals surface area contributed by atoms with Gasteiger partial charge >= 0.3 is 0 Å². The molecule has 0 heterocycles. The van der Waals surface area contributed by atoms with Crippen LogP contribution in [-0.2, 0) is 0 Å². The molecule has 13 heavy (non-hydrogen) atoms. The van der Waals surface area contributed by atoms with Crippen LogP contribution in [0.3, 0.4) is 0 Å². The van der Waals surface area contributed by atoms with Gasteiger partial charge in [0.05, 0.1) is 0 Å². The van der Waals surface area contributed by atoms with E-state index < -0.39 is 0 Å². The molecule has 2 heteroatoms. The van der Waals surface area contributed by atoms with Crippen LogP contribution in [-0.4, -0.2) is 12.4 Å². The summed E-state index contributed by atoms with van der Waals surface area (Å²) in [7, 11) is 0. The number of nitrogens with one attached hydrogen (secondary N) is 1. The van der Waals surface area contributed by atoms with Crippen molar-refractivity contribution in [2.24, 2.45) is 0 Å².